The molecule has 21 heavy (non-hydrogen) atoms. The molecule has 1 aliphatic carbocycles. The number of halogens is 5. The highest BCUT2D eigenvalue weighted by Gasteiger charge is 2.46. The summed E-state index contributed by atoms with van der Waals surface area (Å²) in [6.07, 6.45) is -2.83. The van der Waals surface area contributed by atoms with Crippen molar-refractivity contribution in [3.8, 4) is 0 Å². The lowest BCUT2D eigenvalue weighted by atomic mass is 9.84. The smallest absolute Gasteiger partial charge is 0.349 e. The molecule has 0 spiro atoms. The van der Waals surface area contributed by atoms with Gasteiger partial charge in [0.1, 0.15) is 5.82 Å². The number of carbonyl (C=O) groups is 1. The molecular formula is C14H14BrF4NO. The van der Waals surface area contributed by atoms with Crippen LogP contribution in [0.3, 0.4) is 0 Å². The van der Waals surface area contributed by atoms with Gasteiger partial charge in [0.25, 0.3) is 5.91 Å². The van der Waals surface area contributed by atoms with E-state index in [2.05, 4.69) is 21.2 Å². The lowest BCUT2D eigenvalue weighted by Gasteiger charge is -2.33. The molecule has 1 saturated carbocycles. The molecule has 1 N–H and O–H groups in total. The number of nitrogens with one attached hydrogen (secondary N) is 1. The molecule has 0 saturated heterocycles. The first kappa shape index (κ1) is 16.3. The molecule has 1 amide bonds. The van der Waals surface area contributed by atoms with Crippen LogP contribution < -0.4 is 5.32 Å². The summed E-state index contributed by atoms with van der Waals surface area (Å²) in [6, 6.07) is 2.53. The van der Waals surface area contributed by atoms with E-state index in [4.69, 9.17) is 0 Å². The Hall–Kier alpha value is -1.11. The maximum atomic E-state index is 13.0. The van der Waals surface area contributed by atoms with Gasteiger partial charge in [-0.2, -0.15) is 13.2 Å². The Morgan fingerprint density at radius 3 is 2.52 bits per heavy atom. The van der Waals surface area contributed by atoms with E-state index in [9.17, 15) is 22.4 Å². The first-order valence-corrected chi connectivity index (χ1v) is 7.41. The average molecular weight is 368 g/mol. The minimum absolute atomic E-state index is 0.0268. The van der Waals surface area contributed by atoms with Gasteiger partial charge >= 0.3 is 6.18 Å². The third kappa shape index (κ3) is 3.96. The van der Waals surface area contributed by atoms with E-state index in [-0.39, 0.29) is 16.5 Å². The van der Waals surface area contributed by atoms with Gasteiger partial charge in [-0.25, -0.2) is 4.39 Å². The molecule has 0 heterocycles. The molecule has 1 aromatic carbocycles. The Morgan fingerprint density at radius 2 is 1.90 bits per heavy atom. The van der Waals surface area contributed by atoms with Gasteiger partial charge in [-0.3, -0.25) is 4.79 Å². The van der Waals surface area contributed by atoms with Crippen LogP contribution in [0.2, 0.25) is 0 Å². The van der Waals surface area contributed by atoms with Gasteiger partial charge in [0, 0.05) is 10.5 Å². The number of benzene rings is 1. The number of hydrogen-bond donors (Lipinski definition) is 1. The average Bonchev–Trinajstić information content (AvgIpc) is 2.37. The Balaban J connectivity index is 2.13. The summed E-state index contributed by atoms with van der Waals surface area (Å²) >= 11 is 3.04. The van der Waals surface area contributed by atoms with Crippen molar-refractivity contribution in [2.24, 2.45) is 5.92 Å². The number of amides is 1. The van der Waals surface area contributed by atoms with Crippen molar-refractivity contribution in [1.29, 1.82) is 0 Å². The van der Waals surface area contributed by atoms with Crippen LogP contribution in [0.1, 0.15) is 36.0 Å². The number of rotatable bonds is 2. The van der Waals surface area contributed by atoms with Gasteiger partial charge in [-0.1, -0.05) is 12.8 Å². The maximum Gasteiger partial charge on any atom is 0.393 e. The van der Waals surface area contributed by atoms with E-state index < -0.39 is 29.9 Å². The maximum absolute atomic E-state index is 13.0. The van der Waals surface area contributed by atoms with E-state index in [1.807, 2.05) is 0 Å². The summed E-state index contributed by atoms with van der Waals surface area (Å²) in [5, 5.41) is 2.44. The summed E-state index contributed by atoms with van der Waals surface area (Å²) in [5.74, 6) is -2.67. The molecule has 2 atom stereocenters. The molecule has 116 valence electrons. The summed E-state index contributed by atoms with van der Waals surface area (Å²) in [6.45, 7) is 0. The SMILES string of the molecule is O=C(NC1CCCCC1C(F)(F)F)c1ccc(F)cc1Br. The zero-order valence-electron chi connectivity index (χ0n) is 11.0. The van der Waals surface area contributed by atoms with Crippen LogP contribution in [-0.2, 0) is 0 Å². The molecule has 7 heteroatoms. The van der Waals surface area contributed by atoms with Crippen molar-refractivity contribution in [1.82, 2.24) is 5.32 Å². The van der Waals surface area contributed by atoms with Crippen molar-refractivity contribution >= 4 is 21.8 Å². The lowest BCUT2D eigenvalue weighted by Crippen LogP contribution is -2.47. The van der Waals surface area contributed by atoms with Crippen molar-refractivity contribution in [3.63, 3.8) is 0 Å². The summed E-state index contributed by atoms with van der Waals surface area (Å²) in [5.41, 5.74) is 0.128. The van der Waals surface area contributed by atoms with Crippen LogP contribution in [0.25, 0.3) is 0 Å². The Bertz CT molecular complexity index is 532. The predicted molar refractivity (Wildman–Crippen MR) is 73.4 cm³/mol. The zero-order chi connectivity index (χ0) is 15.6. The van der Waals surface area contributed by atoms with E-state index in [1.165, 1.54) is 6.07 Å². The monoisotopic (exact) mass is 367 g/mol. The molecule has 1 aliphatic rings. The summed E-state index contributed by atoms with van der Waals surface area (Å²) in [4.78, 5) is 12.1. The third-order valence-electron chi connectivity index (χ3n) is 3.68. The standard InChI is InChI=1S/C14H14BrF4NO/c15-11-7-8(16)5-6-9(11)13(21)20-12-4-2-1-3-10(12)14(17,18)19/h5-7,10,12H,1-4H2,(H,20,21). The van der Waals surface area contributed by atoms with Crippen LogP contribution in [0.15, 0.2) is 22.7 Å². The van der Waals surface area contributed by atoms with E-state index in [0.717, 1.165) is 12.1 Å². The minimum atomic E-state index is -4.32. The van der Waals surface area contributed by atoms with E-state index in [0.29, 0.717) is 19.3 Å². The quantitative estimate of drug-likeness (QED) is 0.769. The molecule has 2 unspecified atom stereocenters. The van der Waals surface area contributed by atoms with Gasteiger partial charge in [0.15, 0.2) is 0 Å². The Labute approximate surface area is 128 Å². The normalized spacial score (nSPS) is 22.9. The molecule has 2 rings (SSSR count). The highest BCUT2D eigenvalue weighted by molar-refractivity contribution is 9.10. The van der Waals surface area contributed by atoms with Crippen LogP contribution in [-0.4, -0.2) is 18.1 Å². The molecule has 0 radical (unpaired) electrons. The first-order valence-electron chi connectivity index (χ1n) is 6.61. The van der Waals surface area contributed by atoms with Crippen molar-refractivity contribution < 1.29 is 22.4 Å². The number of alkyl halides is 3. The number of carbonyl (C=O) groups excluding carboxylic acids is 1. The largest absolute Gasteiger partial charge is 0.393 e. The van der Waals surface area contributed by atoms with Crippen molar-refractivity contribution in [2.45, 2.75) is 37.9 Å². The van der Waals surface area contributed by atoms with Crippen LogP contribution in [0.4, 0.5) is 17.6 Å². The second-order valence-corrected chi connectivity index (χ2v) is 5.99. The Morgan fingerprint density at radius 1 is 1.24 bits per heavy atom. The van der Waals surface area contributed by atoms with Crippen LogP contribution >= 0.6 is 15.9 Å². The van der Waals surface area contributed by atoms with Gasteiger partial charge in [-0.15, -0.1) is 0 Å². The first-order chi connectivity index (χ1) is 9.79. The fourth-order valence-corrected chi connectivity index (χ4v) is 3.15. The molecule has 0 aromatic heterocycles. The molecule has 0 bridgehead atoms. The molecule has 0 aliphatic heterocycles. The predicted octanol–water partition coefficient (Wildman–Crippen LogP) is 4.44. The lowest BCUT2D eigenvalue weighted by molar-refractivity contribution is -0.187. The van der Waals surface area contributed by atoms with Gasteiger partial charge < -0.3 is 5.32 Å². The van der Waals surface area contributed by atoms with E-state index in [1.54, 1.807) is 0 Å². The van der Waals surface area contributed by atoms with Crippen molar-refractivity contribution in [2.75, 3.05) is 0 Å². The fourth-order valence-electron chi connectivity index (χ4n) is 2.62. The highest BCUT2D eigenvalue weighted by Crippen LogP contribution is 2.37. The third-order valence-corrected chi connectivity index (χ3v) is 4.33. The second kappa shape index (κ2) is 6.34. The summed E-state index contributed by atoms with van der Waals surface area (Å²) < 4.78 is 52.1. The Kier molecular flexibility index (Phi) is 4.91. The highest BCUT2D eigenvalue weighted by atomic mass is 79.9. The molecular weight excluding hydrogens is 354 g/mol. The van der Waals surface area contributed by atoms with Crippen LogP contribution in [0.5, 0.6) is 0 Å². The van der Waals surface area contributed by atoms with Crippen molar-refractivity contribution in [3.05, 3.63) is 34.1 Å². The minimum Gasteiger partial charge on any atom is -0.349 e. The summed E-state index contributed by atoms with van der Waals surface area (Å²) in [7, 11) is 0. The fraction of sp³-hybridized carbons (Fsp3) is 0.500. The molecule has 2 nitrogen and oxygen atoms in total. The van der Waals surface area contributed by atoms with Gasteiger partial charge in [-0.05, 0) is 47.0 Å². The number of hydrogen-bond acceptors (Lipinski definition) is 1. The topological polar surface area (TPSA) is 29.1 Å². The van der Waals surface area contributed by atoms with Gasteiger partial charge in [0.05, 0.1) is 11.5 Å². The van der Waals surface area contributed by atoms with Gasteiger partial charge in [0.2, 0.25) is 0 Å². The second-order valence-electron chi connectivity index (χ2n) is 5.14. The van der Waals surface area contributed by atoms with E-state index >= 15 is 0 Å². The molecule has 1 fully saturated rings. The zero-order valence-corrected chi connectivity index (χ0v) is 12.6. The molecule has 1 aromatic rings. The van der Waals surface area contributed by atoms with Crippen LogP contribution in [0, 0.1) is 11.7 Å².